The molecular weight excluding hydrogens is 348 g/mol. The second kappa shape index (κ2) is 6.79. The Balaban J connectivity index is 1.49. The Morgan fingerprint density at radius 1 is 1.12 bits per heavy atom. The fourth-order valence-corrected chi connectivity index (χ4v) is 4.48. The first-order valence-electron chi connectivity index (χ1n) is 8.89. The molecule has 1 aromatic heterocycles. The summed E-state index contributed by atoms with van der Waals surface area (Å²) in [5.41, 5.74) is 3.77. The van der Waals surface area contributed by atoms with Crippen LogP contribution in [0.3, 0.4) is 0 Å². The average Bonchev–Trinajstić information content (AvgIpc) is 3.14. The van der Waals surface area contributed by atoms with Crippen molar-refractivity contribution in [3.05, 3.63) is 51.4 Å². The Morgan fingerprint density at radius 3 is 2.65 bits per heavy atom. The molecule has 0 radical (unpaired) electrons. The molecule has 1 amide bonds. The predicted molar refractivity (Wildman–Crippen MR) is 103 cm³/mol. The van der Waals surface area contributed by atoms with Gasteiger partial charge in [-0.25, -0.2) is 4.98 Å². The molecule has 2 aliphatic heterocycles. The lowest BCUT2D eigenvalue weighted by molar-refractivity contribution is 0.0743. The number of hydrogen-bond donors (Lipinski definition) is 0. The molecule has 2 aliphatic rings. The molecule has 26 heavy (non-hydrogen) atoms. The Bertz CT molecular complexity index is 916. The topological polar surface area (TPSA) is 58.4 Å². The number of hydrogen-bond acceptors (Lipinski definition) is 5. The van der Waals surface area contributed by atoms with Crippen LogP contribution in [-0.4, -0.2) is 52.3 Å². The predicted octanol–water partition coefficient (Wildman–Crippen LogP) is 1.93. The number of benzene rings is 1. The van der Waals surface area contributed by atoms with Gasteiger partial charge in [0.25, 0.3) is 11.5 Å². The normalized spacial score (nSPS) is 16.7. The van der Waals surface area contributed by atoms with E-state index in [-0.39, 0.29) is 17.0 Å². The summed E-state index contributed by atoms with van der Waals surface area (Å²) in [4.78, 5) is 33.8. The van der Waals surface area contributed by atoms with Gasteiger partial charge in [0.1, 0.15) is 5.56 Å². The first-order valence-corrected chi connectivity index (χ1v) is 9.88. The zero-order chi connectivity index (χ0) is 18.3. The second-order valence-corrected chi connectivity index (χ2v) is 7.82. The summed E-state index contributed by atoms with van der Waals surface area (Å²) < 4.78 is 1.62. The van der Waals surface area contributed by atoms with Crippen molar-refractivity contribution in [1.82, 2.24) is 14.5 Å². The van der Waals surface area contributed by atoms with E-state index in [0.717, 1.165) is 18.8 Å². The molecule has 1 saturated heterocycles. The lowest BCUT2D eigenvalue weighted by Gasteiger charge is -2.37. The number of nitrogens with zero attached hydrogens (tertiary/aromatic N) is 4. The Labute approximate surface area is 156 Å². The van der Waals surface area contributed by atoms with Gasteiger partial charge in [0.05, 0.1) is 0 Å². The summed E-state index contributed by atoms with van der Waals surface area (Å²) >= 11 is 1.56. The second-order valence-electron chi connectivity index (χ2n) is 6.76. The summed E-state index contributed by atoms with van der Waals surface area (Å²) in [6, 6.07) is 6.32. The zero-order valence-electron chi connectivity index (χ0n) is 15.1. The quantitative estimate of drug-likeness (QED) is 0.756. The van der Waals surface area contributed by atoms with Crippen molar-refractivity contribution in [1.29, 1.82) is 0 Å². The minimum Gasteiger partial charge on any atom is -0.368 e. The summed E-state index contributed by atoms with van der Waals surface area (Å²) in [7, 11) is 0. The molecule has 0 bridgehead atoms. The number of anilines is 1. The van der Waals surface area contributed by atoms with Gasteiger partial charge in [-0.3, -0.25) is 14.2 Å². The number of piperazine rings is 1. The number of carbonyl (C=O) groups excluding carboxylic acids is 1. The van der Waals surface area contributed by atoms with Crippen LogP contribution in [0.5, 0.6) is 0 Å². The largest absolute Gasteiger partial charge is 0.368 e. The molecule has 4 rings (SSSR count). The van der Waals surface area contributed by atoms with E-state index < -0.39 is 0 Å². The van der Waals surface area contributed by atoms with Gasteiger partial charge < -0.3 is 9.80 Å². The SMILES string of the molecule is Cc1cccc(N2CCN(C(=O)c3cnc4n(c3=O)CCS4)CC2)c1C. The van der Waals surface area contributed by atoms with Crippen molar-refractivity contribution < 1.29 is 4.79 Å². The maximum absolute atomic E-state index is 12.8. The van der Waals surface area contributed by atoms with Gasteiger partial charge in [0, 0.05) is 50.4 Å². The van der Waals surface area contributed by atoms with Gasteiger partial charge in [0.2, 0.25) is 0 Å². The molecule has 0 atom stereocenters. The van der Waals surface area contributed by atoms with Crippen molar-refractivity contribution in [3.63, 3.8) is 0 Å². The van der Waals surface area contributed by atoms with Crippen LogP contribution < -0.4 is 10.5 Å². The molecule has 0 unspecified atom stereocenters. The minimum atomic E-state index is -0.207. The highest BCUT2D eigenvalue weighted by Crippen LogP contribution is 2.24. The van der Waals surface area contributed by atoms with Crippen LogP contribution in [0.2, 0.25) is 0 Å². The fourth-order valence-electron chi connectivity index (χ4n) is 3.56. The molecule has 6 nitrogen and oxygen atoms in total. The Hall–Kier alpha value is -2.28. The van der Waals surface area contributed by atoms with Gasteiger partial charge in [-0.2, -0.15) is 0 Å². The first kappa shape index (κ1) is 17.1. The van der Waals surface area contributed by atoms with E-state index in [1.165, 1.54) is 23.0 Å². The number of rotatable bonds is 2. The Kier molecular flexibility index (Phi) is 4.48. The Morgan fingerprint density at radius 2 is 1.88 bits per heavy atom. The minimum absolute atomic E-state index is 0.191. The van der Waals surface area contributed by atoms with Crippen molar-refractivity contribution in [3.8, 4) is 0 Å². The van der Waals surface area contributed by atoms with Crippen LogP contribution in [0, 0.1) is 13.8 Å². The van der Waals surface area contributed by atoms with Crippen LogP contribution >= 0.6 is 11.8 Å². The first-order chi connectivity index (χ1) is 12.6. The number of carbonyl (C=O) groups is 1. The number of thioether (sulfide) groups is 1. The molecule has 1 fully saturated rings. The molecule has 0 spiro atoms. The third-order valence-electron chi connectivity index (χ3n) is 5.27. The lowest BCUT2D eigenvalue weighted by Crippen LogP contribution is -2.50. The van der Waals surface area contributed by atoms with E-state index in [9.17, 15) is 9.59 Å². The molecule has 0 aliphatic carbocycles. The molecule has 0 N–H and O–H groups in total. The van der Waals surface area contributed by atoms with Gasteiger partial charge in [-0.05, 0) is 31.0 Å². The summed E-state index contributed by atoms with van der Waals surface area (Å²) in [6.45, 7) is 7.65. The zero-order valence-corrected chi connectivity index (χ0v) is 15.9. The standard InChI is InChI=1S/C19H22N4O2S/c1-13-4-3-5-16(14(13)2)21-6-8-22(9-7-21)17(24)15-12-20-19-23(18(15)25)10-11-26-19/h3-5,12H,6-11H2,1-2H3. The highest BCUT2D eigenvalue weighted by atomic mass is 32.2. The van der Waals surface area contributed by atoms with E-state index in [2.05, 4.69) is 41.9 Å². The van der Waals surface area contributed by atoms with Crippen molar-refractivity contribution in [2.45, 2.75) is 25.5 Å². The molecule has 2 aromatic rings. The maximum atomic E-state index is 12.8. The maximum Gasteiger partial charge on any atom is 0.267 e. The van der Waals surface area contributed by atoms with Gasteiger partial charge in [-0.1, -0.05) is 23.9 Å². The lowest BCUT2D eigenvalue weighted by atomic mass is 10.1. The van der Waals surface area contributed by atoms with E-state index in [1.807, 2.05) is 0 Å². The number of aromatic nitrogens is 2. The van der Waals surface area contributed by atoms with Gasteiger partial charge in [0.15, 0.2) is 5.16 Å². The summed E-state index contributed by atoms with van der Waals surface area (Å²) in [5, 5.41) is 0.714. The molecule has 1 aromatic carbocycles. The third-order valence-corrected chi connectivity index (χ3v) is 6.24. The van der Waals surface area contributed by atoms with Crippen LogP contribution in [0.15, 0.2) is 34.3 Å². The fraction of sp³-hybridized carbons (Fsp3) is 0.421. The molecule has 136 valence electrons. The highest BCUT2D eigenvalue weighted by Gasteiger charge is 2.27. The van der Waals surface area contributed by atoms with Crippen LogP contribution in [-0.2, 0) is 6.54 Å². The van der Waals surface area contributed by atoms with E-state index in [4.69, 9.17) is 0 Å². The average molecular weight is 370 g/mol. The smallest absolute Gasteiger partial charge is 0.267 e. The molecule has 7 heteroatoms. The van der Waals surface area contributed by atoms with Crippen molar-refractivity contribution in [2.24, 2.45) is 0 Å². The van der Waals surface area contributed by atoms with E-state index >= 15 is 0 Å². The summed E-state index contributed by atoms with van der Waals surface area (Å²) in [6.07, 6.45) is 1.45. The van der Waals surface area contributed by atoms with Crippen LogP contribution in [0.1, 0.15) is 21.5 Å². The van der Waals surface area contributed by atoms with Crippen molar-refractivity contribution in [2.75, 3.05) is 36.8 Å². The van der Waals surface area contributed by atoms with Gasteiger partial charge in [-0.15, -0.1) is 0 Å². The number of amides is 1. The van der Waals surface area contributed by atoms with E-state index in [0.29, 0.717) is 24.8 Å². The molecular formula is C19H22N4O2S. The molecule has 3 heterocycles. The number of fused-ring (bicyclic) bond motifs is 1. The van der Waals surface area contributed by atoms with Crippen molar-refractivity contribution >= 4 is 23.4 Å². The summed E-state index contributed by atoms with van der Waals surface area (Å²) in [5.74, 6) is 0.643. The highest BCUT2D eigenvalue weighted by molar-refractivity contribution is 7.99. The van der Waals surface area contributed by atoms with Crippen LogP contribution in [0.25, 0.3) is 0 Å². The molecule has 0 saturated carbocycles. The van der Waals surface area contributed by atoms with E-state index in [1.54, 1.807) is 21.2 Å². The van der Waals surface area contributed by atoms with Gasteiger partial charge >= 0.3 is 0 Å². The number of aryl methyl sites for hydroxylation is 1. The van der Waals surface area contributed by atoms with Crippen LogP contribution in [0.4, 0.5) is 5.69 Å². The third kappa shape index (κ3) is 2.90. The monoisotopic (exact) mass is 370 g/mol.